The van der Waals surface area contributed by atoms with E-state index in [1.165, 1.54) is 11.5 Å². The molecule has 3 nitrogen and oxygen atoms in total. The molecule has 0 aliphatic rings. The van der Waals surface area contributed by atoms with Gasteiger partial charge in [-0.25, -0.2) is 0 Å². The molecule has 4 heteroatoms. The lowest BCUT2D eigenvalue weighted by molar-refractivity contribution is 0.102. The number of anilines is 1. The number of carbonyl (C=O) groups excluding carboxylic acids is 1. The second-order valence-corrected chi connectivity index (χ2v) is 5.31. The Bertz CT molecular complexity index is 765. The number of nitrogens with one attached hydrogen (secondary N) is 1. The summed E-state index contributed by atoms with van der Waals surface area (Å²) in [6.45, 7) is 1.84. The van der Waals surface area contributed by atoms with Crippen LogP contribution in [-0.2, 0) is 0 Å². The van der Waals surface area contributed by atoms with Crippen LogP contribution in [0.4, 0.5) is 5.69 Å². The Morgan fingerprint density at radius 2 is 1.76 bits per heavy atom. The van der Waals surface area contributed by atoms with Gasteiger partial charge in [0.25, 0.3) is 5.91 Å². The van der Waals surface area contributed by atoms with Crippen molar-refractivity contribution in [3.63, 3.8) is 0 Å². The topological polar surface area (TPSA) is 42.0 Å². The lowest BCUT2D eigenvalue weighted by atomic mass is 10.0. The van der Waals surface area contributed by atoms with Crippen LogP contribution >= 0.6 is 11.5 Å². The average molecular weight is 294 g/mol. The normalized spacial score (nSPS) is 10.3. The number of para-hydroxylation sites is 1. The lowest BCUT2D eigenvalue weighted by Crippen LogP contribution is -2.13. The summed E-state index contributed by atoms with van der Waals surface area (Å²) in [6.07, 6.45) is 0. The quantitative estimate of drug-likeness (QED) is 0.779. The van der Waals surface area contributed by atoms with E-state index in [1.54, 1.807) is 5.38 Å². The Labute approximate surface area is 127 Å². The van der Waals surface area contributed by atoms with E-state index in [4.69, 9.17) is 0 Å². The van der Waals surface area contributed by atoms with Crippen LogP contribution in [-0.4, -0.2) is 10.3 Å². The van der Waals surface area contributed by atoms with Crippen molar-refractivity contribution in [2.24, 2.45) is 0 Å². The first-order chi connectivity index (χ1) is 10.3. The average Bonchev–Trinajstić information content (AvgIpc) is 2.95. The molecule has 3 aromatic rings. The first-order valence-electron chi connectivity index (χ1n) is 6.62. The highest BCUT2D eigenvalue weighted by molar-refractivity contribution is 7.04. The first kappa shape index (κ1) is 13.5. The van der Waals surface area contributed by atoms with Crippen molar-refractivity contribution in [1.82, 2.24) is 4.37 Å². The molecule has 0 radical (unpaired) electrons. The molecule has 0 atom stereocenters. The molecule has 0 spiro atoms. The van der Waals surface area contributed by atoms with Crippen LogP contribution in [0.1, 0.15) is 16.1 Å². The minimum atomic E-state index is -0.121. The third-order valence-corrected chi connectivity index (χ3v) is 3.98. The summed E-state index contributed by atoms with van der Waals surface area (Å²) in [5.41, 5.74) is 4.28. The van der Waals surface area contributed by atoms with Gasteiger partial charge in [-0.05, 0) is 30.1 Å². The Morgan fingerprint density at radius 1 is 1.05 bits per heavy atom. The molecular weight excluding hydrogens is 280 g/mol. The third kappa shape index (κ3) is 2.85. The van der Waals surface area contributed by atoms with Gasteiger partial charge in [0.2, 0.25) is 0 Å². The molecule has 0 unspecified atom stereocenters. The number of nitrogens with zero attached hydrogens (tertiary/aromatic N) is 1. The molecule has 0 aliphatic heterocycles. The van der Waals surface area contributed by atoms with E-state index in [0.717, 1.165) is 22.5 Å². The Morgan fingerprint density at radius 3 is 2.48 bits per heavy atom. The summed E-state index contributed by atoms with van der Waals surface area (Å²) in [4.78, 5) is 12.3. The zero-order chi connectivity index (χ0) is 14.7. The van der Waals surface area contributed by atoms with E-state index < -0.39 is 0 Å². The summed E-state index contributed by atoms with van der Waals surface area (Å²) in [5.74, 6) is -0.121. The number of hydrogen-bond acceptors (Lipinski definition) is 3. The number of aryl methyl sites for hydroxylation is 1. The van der Waals surface area contributed by atoms with Crippen LogP contribution in [0.3, 0.4) is 0 Å². The molecule has 0 bridgehead atoms. The van der Waals surface area contributed by atoms with Crippen LogP contribution in [0.5, 0.6) is 0 Å². The highest BCUT2D eigenvalue weighted by Crippen LogP contribution is 2.28. The molecule has 1 aromatic heterocycles. The Balaban J connectivity index is 1.94. The third-order valence-electron chi connectivity index (χ3n) is 3.25. The van der Waals surface area contributed by atoms with E-state index in [9.17, 15) is 4.79 Å². The molecule has 0 saturated heterocycles. The molecule has 1 amide bonds. The number of benzene rings is 2. The zero-order valence-electron chi connectivity index (χ0n) is 11.5. The molecule has 3 rings (SSSR count). The van der Waals surface area contributed by atoms with Gasteiger partial charge in [0.1, 0.15) is 0 Å². The number of aromatic nitrogens is 1. The minimum absolute atomic E-state index is 0.121. The van der Waals surface area contributed by atoms with E-state index in [1.807, 2.05) is 61.5 Å². The predicted octanol–water partition coefficient (Wildman–Crippen LogP) is 4.37. The molecule has 0 aliphatic carbocycles. The van der Waals surface area contributed by atoms with Gasteiger partial charge in [0.05, 0.1) is 11.3 Å². The second-order valence-electron chi connectivity index (χ2n) is 4.68. The summed E-state index contributed by atoms with van der Waals surface area (Å²) in [7, 11) is 0. The minimum Gasteiger partial charge on any atom is -0.321 e. The Hall–Kier alpha value is -2.46. The van der Waals surface area contributed by atoms with Gasteiger partial charge >= 0.3 is 0 Å². The van der Waals surface area contributed by atoms with Gasteiger partial charge in [-0.1, -0.05) is 48.5 Å². The fraction of sp³-hybridized carbons (Fsp3) is 0.0588. The van der Waals surface area contributed by atoms with Gasteiger partial charge < -0.3 is 5.32 Å². The SMILES string of the molecule is Cc1nscc1C(=O)Nc1ccccc1-c1ccccc1. The molecule has 0 saturated carbocycles. The molecule has 2 aromatic carbocycles. The van der Waals surface area contributed by atoms with Crippen LogP contribution in [0.25, 0.3) is 11.1 Å². The second kappa shape index (κ2) is 5.89. The van der Waals surface area contributed by atoms with Gasteiger partial charge in [0, 0.05) is 16.6 Å². The Kier molecular flexibility index (Phi) is 3.79. The summed E-state index contributed by atoms with van der Waals surface area (Å²) >= 11 is 1.29. The van der Waals surface area contributed by atoms with Crippen molar-refractivity contribution in [2.45, 2.75) is 6.92 Å². The smallest absolute Gasteiger partial charge is 0.258 e. The van der Waals surface area contributed by atoms with Gasteiger partial charge in [-0.15, -0.1) is 0 Å². The maximum atomic E-state index is 12.3. The number of carbonyl (C=O) groups is 1. The fourth-order valence-corrected chi connectivity index (χ4v) is 2.85. The standard InChI is InChI=1S/C17H14N2OS/c1-12-15(11-21-19-12)17(20)18-16-10-6-5-9-14(16)13-7-3-2-4-8-13/h2-11H,1H3,(H,18,20). The van der Waals surface area contributed by atoms with Crippen molar-refractivity contribution in [2.75, 3.05) is 5.32 Å². The van der Waals surface area contributed by atoms with E-state index in [0.29, 0.717) is 5.56 Å². The van der Waals surface area contributed by atoms with Crippen molar-refractivity contribution in [3.05, 3.63) is 71.2 Å². The summed E-state index contributed by atoms with van der Waals surface area (Å²) in [6, 6.07) is 17.8. The molecule has 1 heterocycles. The number of hydrogen-bond donors (Lipinski definition) is 1. The fourth-order valence-electron chi connectivity index (χ4n) is 2.16. The van der Waals surface area contributed by atoms with E-state index >= 15 is 0 Å². The highest BCUT2D eigenvalue weighted by Gasteiger charge is 2.13. The van der Waals surface area contributed by atoms with Crippen molar-refractivity contribution in [3.8, 4) is 11.1 Å². The zero-order valence-corrected chi connectivity index (χ0v) is 12.4. The maximum absolute atomic E-state index is 12.3. The van der Waals surface area contributed by atoms with Gasteiger partial charge in [0.15, 0.2) is 0 Å². The van der Waals surface area contributed by atoms with Gasteiger partial charge in [-0.2, -0.15) is 4.37 Å². The van der Waals surface area contributed by atoms with Crippen molar-refractivity contribution >= 4 is 23.1 Å². The van der Waals surface area contributed by atoms with Crippen LogP contribution in [0, 0.1) is 6.92 Å². The number of rotatable bonds is 3. The molecule has 0 fully saturated rings. The van der Waals surface area contributed by atoms with Gasteiger partial charge in [-0.3, -0.25) is 4.79 Å². The van der Waals surface area contributed by atoms with Crippen molar-refractivity contribution < 1.29 is 4.79 Å². The largest absolute Gasteiger partial charge is 0.321 e. The van der Waals surface area contributed by atoms with Crippen molar-refractivity contribution in [1.29, 1.82) is 0 Å². The first-order valence-corrected chi connectivity index (χ1v) is 7.46. The molecule has 21 heavy (non-hydrogen) atoms. The lowest BCUT2D eigenvalue weighted by Gasteiger charge is -2.11. The number of amides is 1. The molecule has 1 N–H and O–H groups in total. The van der Waals surface area contributed by atoms with Crippen LogP contribution < -0.4 is 5.32 Å². The molecule has 104 valence electrons. The summed E-state index contributed by atoms with van der Waals surface area (Å²) < 4.78 is 4.14. The van der Waals surface area contributed by atoms with E-state index in [-0.39, 0.29) is 5.91 Å². The highest BCUT2D eigenvalue weighted by atomic mass is 32.1. The summed E-state index contributed by atoms with van der Waals surface area (Å²) in [5, 5.41) is 4.75. The van der Waals surface area contributed by atoms with Crippen LogP contribution in [0.15, 0.2) is 60.0 Å². The predicted molar refractivity (Wildman–Crippen MR) is 86.7 cm³/mol. The van der Waals surface area contributed by atoms with Crippen LogP contribution in [0.2, 0.25) is 0 Å². The molecular formula is C17H14N2OS. The van der Waals surface area contributed by atoms with E-state index in [2.05, 4.69) is 9.69 Å². The maximum Gasteiger partial charge on any atom is 0.258 e. The monoisotopic (exact) mass is 294 g/mol.